The van der Waals surface area contributed by atoms with E-state index < -0.39 is 33.9 Å². The van der Waals surface area contributed by atoms with E-state index in [2.05, 4.69) is 5.32 Å². The van der Waals surface area contributed by atoms with Crippen LogP contribution in [0.25, 0.3) is 0 Å². The molecule has 1 amide bonds. The van der Waals surface area contributed by atoms with Gasteiger partial charge in [0, 0.05) is 30.6 Å². The maximum atomic E-state index is 13.4. The molecule has 2 atom stereocenters. The molecule has 2 aromatic carbocycles. The number of nitro benzene ring substituents is 1. The number of carbonyl (C=O) groups excluding carboxylic acids is 1. The Hall–Kier alpha value is -3.10. The molecule has 0 saturated carbocycles. The van der Waals surface area contributed by atoms with Crippen molar-refractivity contribution in [2.75, 3.05) is 11.9 Å². The highest BCUT2D eigenvalue weighted by Crippen LogP contribution is 2.58. The number of piperidine rings is 1. The summed E-state index contributed by atoms with van der Waals surface area (Å²) in [5.74, 6) is -1.85. The minimum Gasteiger partial charge on any atom is -0.375 e. The first-order chi connectivity index (χ1) is 15.4. The van der Waals surface area contributed by atoms with Gasteiger partial charge in [0.2, 0.25) is 0 Å². The van der Waals surface area contributed by atoms with Crippen LogP contribution in [0, 0.1) is 15.5 Å². The van der Waals surface area contributed by atoms with Crippen molar-refractivity contribution < 1.29 is 22.9 Å². The zero-order chi connectivity index (χ0) is 24.2. The smallest absolute Gasteiger partial charge is 0.375 e. The monoisotopic (exact) mass is 461 g/mol. The minimum atomic E-state index is -4.97. The molecule has 4 rings (SSSR count). The standard InChI is InChI=1S/C24H26F3N3O3/c1-22(2)19-13-16-17(23(22,3)11-12-29(19)21(31)24(25,26)27)9-10-18(30(32)33)20(16)28-14-15-7-5-4-6-8-15/h4-10,19,28H,11-14H2,1-3H3/t19-,23+/m1/s1. The van der Waals surface area contributed by atoms with Crippen molar-refractivity contribution in [1.82, 2.24) is 4.90 Å². The summed E-state index contributed by atoms with van der Waals surface area (Å²) < 4.78 is 40.1. The Kier molecular flexibility index (Phi) is 5.41. The second kappa shape index (κ2) is 7.74. The summed E-state index contributed by atoms with van der Waals surface area (Å²) in [6, 6.07) is 11.8. The minimum absolute atomic E-state index is 0.00779. The Labute approximate surface area is 189 Å². The summed E-state index contributed by atoms with van der Waals surface area (Å²) in [6.45, 7) is 6.07. The second-order valence-corrected chi connectivity index (χ2v) is 9.60. The van der Waals surface area contributed by atoms with Crippen LogP contribution in [0.2, 0.25) is 0 Å². The number of fused-ring (bicyclic) bond motifs is 4. The summed E-state index contributed by atoms with van der Waals surface area (Å²) in [6.07, 6.45) is -4.53. The van der Waals surface area contributed by atoms with Gasteiger partial charge in [-0.2, -0.15) is 13.2 Å². The molecule has 9 heteroatoms. The number of anilines is 1. The van der Waals surface area contributed by atoms with Gasteiger partial charge in [-0.1, -0.05) is 57.2 Å². The molecular formula is C24H26F3N3O3. The molecule has 0 aromatic heterocycles. The number of nitrogens with one attached hydrogen (secondary N) is 1. The zero-order valence-electron chi connectivity index (χ0n) is 18.7. The van der Waals surface area contributed by atoms with Crippen molar-refractivity contribution in [2.45, 2.75) is 57.8 Å². The highest BCUT2D eigenvalue weighted by molar-refractivity contribution is 5.83. The topological polar surface area (TPSA) is 75.5 Å². The van der Waals surface area contributed by atoms with Crippen LogP contribution in [0.4, 0.5) is 24.5 Å². The molecule has 176 valence electrons. The predicted octanol–water partition coefficient (Wildman–Crippen LogP) is 5.21. The number of hydrogen-bond acceptors (Lipinski definition) is 4. The summed E-state index contributed by atoms with van der Waals surface area (Å²) in [4.78, 5) is 24.5. The number of halogens is 3. The number of likely N-dealkylation sites (tertiary alicyclic amines) is 1. The van der Waals surface area contributed by atoms with Gasteiger partial charge in [0.25, 0.3) is 5.69 Å². The van der Waals surface area contributed by atoms with Crippen LogP contribution in [0.1, 0.15) is 43.9 Å². The van der Waals surface area contributed by atoms with Gasteiger partial charge in [0.05, 0.1) is 4.92 Å². The number of benzene rings is 2. The average molecular weight is 461 g/mol. The Morgan fingerprint density at radius 2 is 1.85 bits per heavy atom. The van der Waals surface area contributed by atoms with E-state index in [0.29, 0.717) is 24.2 Å². The molecule has 0 radical (unpaired) electrons. The van der Waals surface area contributed by atoms with E-state index >= 15 is 0 Å². The molecule has 33 heavy (non-hydrogen) atoms. The summed E-state index contributed by atoms with van der Waals surface area (Å²) in [5.41, 5.74) is 1.41. The Morgan fingerprint density at radius 1 is 1.18 bits per heavy atom. The van der Waals surface area contributed by atoms with Gasteiger partial charge in [-0.3, -0.25) is 14.9 Å². The van der Waals surface area contributed by atoms with Crippen LogP contribution >= 0.6 is 0 Å². The van der Waals surface area contributed by atoms with E-state index in [9.17, 15) is 28.1 Å². The third kappa shape index (κ3) is 3.63. The Bertz CT molecular complexity index is 1100. The van der Waals surface area contributed by atoms with Gasteiger partial charge in [-0.15, -0.1) is 0 Å². The van der Waals surface area contributed by atoms with Crippen molar-refractivity contribution in [3.8, 4) is 0 Å². The zero-order valence-corrected chi connectivity index (χ0v) is 18.7. The third-order valence-electron chi connectivity index (χ3n) is 7.78. The molecule has 1 saturated heterocycles. The van der Waals surface area contributed by atoms with Crippen LogP contribution in [0.3, 0.4) is 0 Å². The van der Waals surface area contributed by atoms with Crippen molar-refractivity contribution in [3.63, 3.8) is 0 Å². The molecule has 6 nitrogen and oxygen atoms in total. The first kappa shape index (κ1) is 23.1. The van der Waals surface area contributed by atoms with Gasteiger partial charge in [0.1, 0.15) is 5.69 Å². The highest BCUT2D eigenvalue weighted by Gasteiger charge is 2.60. The Balaban J connectivity index is 1.83. The van der Waals surface area contributed by atoms with Gasteiger partial charge in [-0.05, 0) is 34.9 Å². The molecule has 1 aliphatic heterocycles. The number of rotatable bonds is 4. The number of nitro groups is 1. The SMILES string of the molecule is CC1(C)[C@H]2Cc3c(ccc([N+](=O)[O-])c3NCc3ccccc3)[C@]1(C)CCN2C(=O)C(F)(F)F. The van der Waals surface area contributed by atoms with E-state index in [0.717, 1.165) is 16.0 Å². The van der Waals surface area contributed by atoms with Crippen molar-refractivity contribution in [1.29, 1.82) is 0 Å². The normalized spacial score (nSPS) is 23.6. The van der Waals surface area contributed by atoms with E-state index in [1.807, 2.05) is 51.1 Å². The molecule has 1 heterocycles. The lowest BCUT2D eigenvalue weighted by Gasteiger charge is -2.60. The number of hydrogen-bond donors (Lipinski definition) is 1. The van der Waals surface area contributed by atoms with Gasteiger partial charge in [0.15, 0.2) is 0 Å². The van der Waals surface area contributed by atoms with E-state index in [1.165, 1.54) is 6.07 Å². The van der Waals surface area contributed by atoms with Crippen molar-refractivity contribution >= 4 is 17.3 Å². The fourth-order valence-electron chi connectivity index (χ4n) is 5.53. The van der Waals surface area contributed by atoms with Crippen LogP contribution < -0.4 is 5.32 Å². The van der Waals surface area contributed by atoms with E-state index in [4.69, 9.17) is 0 Å². The number of carbonyl (C=O) groups is 1. The molecule has 2 bridgehead atoms. The lowest BCUT2D eigenvalue weighted by Crippen LogP contribution is -2.66. The van der Waals surface area contributed by atoms with Crippen LogP contribution in [-0.4, -0.2) is 34.5 Å². The molecule has 0 spiro atoms. The predicted molar refractivity (Wildman–Crippen MR) is 118 cm³/mol. The van der Waals surface area contributed by atoms with Gasteiger partial charge < -0.3 is 10.2 Å². The summed E-state index contributed by atoms with van der Waals surface area (Å²) in [5, 5.41) is 15.0. The molecular weight excluding hydrogens is 435 g/mol. The second-order valence-electron chi connectivity index (χ2n) is 9.60. The first-order valence-corrected chi connectivity index (χ1v) is 10.8. The maximum Gasteiger partial charge on any atom is 0.471 e. The lowest BCUT2D eigenvalue weighted by molar-refractivity contribution is -0.384. The Morgan fingerprint density at radius 3 is 2.45 bits per heavy atom. The van der Waals surface area contributed by atoms with Crippen LogP contribution in [-0.2, 0) is 23.2 Å². The quantitative estimate of drug-likeness (QED) is 0.501. The van der Waals surface area contributed by atoms with Crippen molar-refractivity contribution in [2.24, 2.45) is 5.41 Å². The maximum absolute atomic E-state index is 13.4. The van der Waals surface area contributed by atoms with E-state index in [1.54, 1.807) is 6.07 Å². The molecule has 2 aromatic rings. The first-order valence-electron chi connectivity index (χ1n) is 10.8. The fourth-order valence-corrected chi connectivity index (χ4v) is 5.53. The molecule has 1 aliphatic carbocycles. The fraction of sp³-hybridized carbons (Fsp3) is 0.458. The molecule has 0 unspecified atom stereocenters. The van der Waals surface area contributed by atoms with Gasteiger partial charge in [-0.25, -0.2) is 0 Å². The number of nitrogens with zero attached hydrogens (tertiary/aromatic N) is 2. The molecule has 1 N–H and O–H groups in total. The van der Waals surface area contributed by atoms with Crippen molar-refractivity contribution in [3.05, 3.63) is 69.3 Å². The van der Waals surface area contributed by atoms with E-state index in [-0.39, 0.29) is 18.7 Å². The van der Waals surface area contributed by atoms with Gasteiger partial charge >= 0.3 is 12.1 Å². The highest BCUT2D eigenvalue weighted by atomic mass is 19.4. The summed E-state index contributed by atoms with van der Waals surface area (Å²) in [7, 11) is 0. The average Bonchev–Trinajstić information content (AvgIpc) is 2.74. The number of alkyl halides is 3. The molecule has 1 fully saturated rings. The third-order valence-corrected chi connectivity index (χ3v) is 7.78. The largest absolute Gasteiger partial charge is 0.471 e. The van der Waals surface area contributed by atoms with Crippen LogP contribution in [0.5, 0.6) is 0 Å². The molecule has 2 aliphatic rings. The van der Waals surface area contributed by atoms with Crippen LogP contribution in [0.15, 0.2) is 42.5 Å². The number of amides is 1. The lowest BCUT2D eigenvalue weighted by atomic mass is 9.50. The summed E-state index contributed by atoms with van der Waals surface area (Å²) >= 11 is 0.